The lowest BCUT2D eigenvalue weighted by atomic mass is 10.3. The Morgan fingerprint density at radius 2 is 2.16 bits per heavy atom. The molecule has 2 N–H and O–H groups in total. The van der Waals surface area contributed by atoms with Gasteiger partial charge in [0.15, 0.2) is 5.13 Å². The predicted octanol–water partition coefficient (Wildman–Crippen LogP) is 2.46. The summed E-state index contributed by atoms with van der Waals surface area (Å²) in [4.78, 5) is 15.8. The van der Waals surface area contributed by atoms with E-state index in [2.05, 4.69) is 14.5 Å². The third-order valence-electron chi connectivity index (χ3n) is 2.70. The lowest BCUT2D eigenvalue weighted by molar-refractivity contribution is -0.118. The van der Waals surface area contributed by atoms with Gasteiger partial charge in [-0.2, -0.15) is 13.1 Å². The van der Waals surface area contributed by atoms with E-state index in [1.54, 1.807) is 6.92 Å². The Labute approximate surface area is 152 Å². The van der Waals surface area contributed by atoms with Crippen LogP contribution in [0.5, 0.6) is 10.8 Å². The van der Waals surface area contributed by atoms with Crippen LogP contribution < -0.4 is 14.8 Å². The number of amides is 1. The number of aryl methyl sites for hydroxylation is 1. The number of anilines is 1. The fraction of sp³-hybridized carbons (Fsp3) is 0.231. The molecule has 1 aromatic heterocycles. The fourth-order valence-corrected chi connectivity index (χ4v) is 2.93. The highest BCUT2D eigenvalue weighted by molar-refractivity contribution is 7.84. The van der Waals surface area contributed by atoms with Crippen molar-refractivity contribution < 1.29 is 26.5 Å². The van der Waals surface area contributed by atoms with Crippen molar-refractivity contribution in [3.63, 3.8) is 0 Å². The SMILES string of the molecule is CNS(=O)(=O)OCC(=O)Nc1nc(C)c(Oc2ccc(F)c(Cl)c2)s1. The van der Waals surface area contributed by atoms with Crippen LogP contribution in [0.1, 0.15) is 5.69 Å². The van der Waals surface area contributed by atoms with Crippen molar-refractivity contribution >= 4 is 44.3 Å². The van der Waals surface area contributed by atoms with Crippen LogP contribution in [0.4, 0.5) is 9.52 Å². The van der Waals surface area contributed by atoms with E-state index in [4.69, 9.17) is 16.3 Å². The van der Waals surface area contributed by atoms with Crippen LogP contribution in [0.25, 0.3) is 0 Å². The Bertz CT molecular complexity index is 888. The summed E-state index contributed by atoms with van der Waals surface area (Å²) in [6.45, 7) is 0.945. The molecule has 2 rings (SSSR count). The van der Waals surface area contributed by atoms with E-state index >= 15 is 0 Å². The Hall–Kier alpha value is -1.79. The molecule has 8 nitrogen and oxygen atoms in total. The van der Waals surface area contributed by atoms with Crippen LogP contribution in [0.2, 0.25) is 5.02 Å². The summed E-state index contributed by atoms with van der Waals surface area (Å²) in [5.74, 6) is -0.969. The lowest BCUT2D eigenvalue weighted by Gasteiger charge is -2.04. The van der Waals surface area contributed by atoms with Gasteiger partial charge in [-0.1, -0.05) is 22.9 Å². The predicted molar refractivity (Wildman–Crippen MR) is 90.9 cm³/mol. The average Bonchev–Trinajstić information content (AvgIpc) is 2.88. The zero-order valence-corrected chi connectivity index (χ0v) is 15.4. The van der Waals surface area contributed by atoms with Crippen LogP contribution in [0.15, 0.2) is 18.2 Å². The number of aromatic nitrogens is 1. The van der Waals surface area contributed by atoms with Gasteiger partial charge in [0.05, 0.1) is 10.7 Å². The Kier molecular flexibility index (Phi) is 6.30. The summed E-state index contributed by atoms with van der Waals surface area (Å²) in [5.41, 5.74) is 0.476. The molecular weight excluding hydrogens is 397 g/mol. The molecule has 25 heavy (non-hydrogen) atoms. The summed E-state index contributed by atoms with van der Waals surface area (Å²) in [6.07, 6.45) is 0. The fourth-order valence-electron chi connectivity index (χ4n) is 1.52. The van der Waals surface area contributed by atoms with Crippen molar-refractivity contribution in [3.8, 4) is 10.8 Å². The first-order valence-electron chi connectivity index (χ1n) is 6.68. The van der Waals surface area contributed by atoms with Gasteiger partial charge < -0.3 is 4.74 Å². The van der Waals surface area contributed by atoms with Crippen molar-refractivity contribution in [2.75, 3.05) is 19.0 Å². The van der Waals surface area contributed by atoms with Gasteiger partial charge in [0.2, 0.25) is 5.06 Å². The summed E-state index contributed by atoms with van der Waals surface area (Å²) in [5, 5.41) is 2.86. The van der Waals surface area contributed by atoms with Gasteiger partial charge in [-0.05, 0) is 19.1 Å². The highest BCUT2D eigenvalue weighted by Crippen LogP contribution is 2.35. The van der Waals surface area contributed by atoms with Crippen LogP contribution in [0, 0.1) is 12.7 Å². The molecule has 0 radical (unpaired) electrons. The second-order valence-electron chi connectivity index (χ2n) is 4.54. The van der Waals surface area contributed by atoms with Crippen molar-refractivity contribution in [2.45, 2.75) is 6.92 Å². The molecule has 0 bridgehead atoms. The average molecular weight is 410 g/mol. The summed E-state index contributed by atoms with van der Waals surface area (Å²) < 4.78 is 47.2. The van der Waals surface area contributed by atoms with E-state index < -0.39 is 28.6 Å². The smallest absolute Gasteiger partial charge is 0.336 e. The number of hydrogen-bond donors (Lipinski definition) is 2. The molecule has 1 amide bonds. The monoisotopic (exact) mass is 409 g/mol. The number of carbonyl (C=O) groups excluding carboxylic acids is 1. The van der Waals surface area contributed by atoms with E-state index in [1.165, 1.54) is 12.1 Å². The molecule has 0 saturated heterocycles. The van der Waals surface area contributed by atoms with Gasteiger partial charge in [0.1, 0.15) is 18.2 Å². The molecule has 0 spiro atoms. The molecule has 12 heteroatoms. The van der Waals surface area contributed by atoms with Crippen LogP contribution in [-0.2, 0) is 19.3 Å². The third kappa shape index (κ3) is 5.61. The first-order chi connectivity index (χ1) is 11.7. The van der Waals surface area contributed by atoms with Gasteiger partial charge in [0.25, 0.3) is 5.91 Å². The first kappa shape index (κ1) is 19.5. The van der Waals surface area contributed by atoms with E-state index in [9.17, 15) is 17.6 Å². The maximum atomic E-state index is 13.1. The zero-order chi connectivity index (χ0) is 18.6. The normalized spacial score (nSPS) is 11.4. The molecule has 1 heterocycles. The second kappa shape index (κ2) is 8.06. The molecule has 136 valence electrons. The number of carbonyl (C=O) groups is 1. The highest BCUT2D eigenvalue weighted by atomic mass is 35.5. The molecule has 2 aromatic rings. The van der Waals surface area contributed by atoms with Crippen LogP contribution >= 0.6 is 22.9 Å². The number of benzene rings is 1. The number of ether oxygens (including phenoxy) is 1. The van der Waals surface area contributed by atoms with E-state index in [0.717, 1.165) is 24.5 Å². The van der Waals surface area contributed by atoms with E-state index in [0.29, 0.717) is 16.5 Å². The molecule has 0 aliphatic carbocycles. The molecule has 1 aromatic carbocycles. The van der Waals surface area contributed by atoms with Crippen LogP contribution in [-0.4, -0.2) is 33.0 Å². The van der Waals surface area contributed by atoms with Crippen molar-refractivity contribution in [3.05, 3.63) is 34.7 Å². The minimum absolute atomic E-state index is 0.0870. The quantitative estimate of drug-likeness (QED) is 0.727. The van der Waals surface area contributed by atoms with E-state index in [-0.39, 0.29) is 10.2 Å². The minimum atomic E-state index is -3.95. The van der Waals surface area contributed by atoms with Gasteiger partial charge in [0, 0.05) is 13.1 Å². The molecular formula is C13H13ClFN3O5S2. The number of nitrogens with zero attached hydrogens (tertiary/aromatic N) is 1. The number of nitrogens with one attached hydrogen (secondary N) is 2. The van der Waals surface area contributed by atoms with E-state index in [1.807, 2.05) is 4.72 Å². The number of thiazole rings is 1. The Morgan fingerprint density at radius 3 is 2.80 bits per heavy atom. The number of hydrogen-bond acceptors (Lipinski definition) is 7. The summed E-state index contributed by atoms with van der Waals surface area (Å²) in [7, 11) is -2.80. The second-order valence-corrected chi connectivity index (χ2v) is 7.46. The molecule has 0 aliphatic heterocycles. The number of halogens is 2. The Balaban J connectivity index is 2.01. The van der Waals surface area contributed by atoms with Crippen molar-refractivity contribution in [1.82, 2.24) is 9.71 Å². The molecule has 0 atom stereocenters. The molecule has 0 fully saturated rings. The summed E-state index contributed by atoms with van der Waals surface area (Å²) >= 11 is 6.69. The lowest BCUT2D eigenvalue weighted by Crippen LogP contribution is -2.27. The first-order valence-corrected chi connectivity index (χ1v) is 9.28. The van der Waals surface area contributed by atoms with Crippen molar-refractivity contribution in [1.29, 1.82) is 0 Å². The standard InChI is InChI=1S/C13H13ClFN3O5S2/c1-7-12(23-8-3-4-10(15)9(14)5-8)24-13(17-7)18-11(19)6-22-25(20,21)16-2/h3-5,16H,6H2,1-2H3,(H,17,18,19). The maximum absolute atomic E-state index is 13.1. The minimum Gasteiger partial charge on any atom is -0.445 e. The van der Waals surface area contributed by atoms with Gasteiger partial charge in [-0.25, -0.2) is 13.6 Å². The summed E-state index contributed by atoms with van der Waals surface area (Å²) in [6, 6.07) is 3.87. The highest BCUT2D eigenvalue weighted by Gasteiger charge is 2.15. The third-order valence-corrected chi connectivity index (χ3v) is 4.87. The van der Waals surface area contributed by atoms with Gasteiger partial charge in [-0.3, -0.25) is 10.1 Å². The van der Waals surface area contributed by atoms with Crippen LogP contribution in [0.3, 0.4) is 0 Å². The molecule has 0 saturated carbocycles. The van der Waals surface area contributed by atoms with Gasteiger partial charge >= 0.3 is 10.3 Å². The molecule has 0 unspecified atom stereocenters. The van der Waals surface area contributed by atoms with Gasteiger partial charge in [-0.15, -0.1) is 0 Å². The topological polar surface area (TPSA) is 107 Å². The molecule has 0 aliphatic rings. The Morgan fingerprint density at radius 1 is 1.44 bits per heavy atom. The zero-order valence-electron chi connectivity index (χ0n) is 13.0. The largest absolute Gasteiger partial charge is 0.445 e. The van der Waals surface area contributed by atoms with Crippen molar-refractivity contribution in [2.24, 2.45) is 0 Å². The number of rotatable bonds is 7. The maximum Gasteiger partial charge on any atom is 0.336 e.